The molecule has 0 aliphatic carbocycles. The van der Waals surface area contributed by atoms with Crippen LogP contribution in [0.3, 0.4) is 0 Å². The van der Waals surface area contributed by atoms with E-state index in [-0.39, 0.29) is 11.9 Å². The summed E-state index contributed by atoms with van der Waals surface area (Å²) in [7, 11) is 1.99. The van der Waals surface area contributed by atoms with Gasteiger partial charge in [0.05, 0.1) is 18.3 Å². The van der Waals surface area contributed by atoms with Crippen molar-refractivity contribution >= 4 is 0 Å². The van der Waals surface area contributed by atoms with Crippen LogP contribution in [-0.4, -0.2) is 27.1 Å². The van der Waals surface area contributed by atoms with Crippen LogP contribution in [0.5, 0.6) is 0 Å². The van der Waals surface area contributed by atoms with Crippen LogP contribution < -0.4 is 0 Å². The summed E-state index contributed by atoms with van der Waals surface area (Å²) >= 11 is 0. The fourth-order valence-electron chi connectivity index (χ4n) is 2.70. The first-order chi connectivity index (χ1) is 11.7. The van der Waals surface area contributed by atoms with Crippen molar-refractivity contribution in [1.82, 2.24) is 20.1 Å². The molecule has 0 saturated heterocycles. The molecule has 0 N–H and O–H groups in total. The molecule has 2 heterocycles. The number of pyridine rings is 1. The average molecular weight is 326 g/mol. The predicted molar refractivity (Wildman–Crippen MR) is 88.4 cm³/mol. The lowest BCUT2D eigenvalue weighted by molar-refractivity contribution is 0.205. The summed E-state index contributed by atoms with van der Waals surface area (Å²) in [5.41, 5.74) is 1.58. The van der Waals surface area contributed by atoms with Crippen LogP contribution in [-0.2, 0) is 6.54 Å². The Kier molecular flexibility index (Phi) is 4.96. The topological polar surface area (TPSA) is 55.1 Å². The van der Waals surface area contributed by atoms with E-state index in [0.717, 1.165) is 12.1 Å². The molecule has 3 aromatic rings. The van der Waals surface area contributed by atoms with Gasteiger partial charge in [-0.25, -0.2) is 4.39 Å². The van der Waals surface area contributed by atoms with Crippen molar-refractivity contribution in [2.45, 2.75) is 25.9 Å². The standard InChI is InChI=1S/C18H19FN4O/c1-3-16(15-9-4-5-10-20-15)23(2)12-17-21-22-18(24-17)13-7-6-8-14(19)11-13/h4-11,16H,3,12H2,1-2H3/t16-/m1/s1. The largest absolute Gasteiger partial charge is 0.419 e. The summed E-state index contributed by atoms with van der Waals surface area (Å²) in [4.78, 5) is 6.54. The zero-order chi connectivity index (χ0) is 16.9. The second kappa shape index (κ2) is 7.31. The molecule has 5 nitrogen and oxygen atoms in total. The Morgan fingerprint density at radius 2 is 2.04 bits per heavy atom. The van der Waals surface area contributed by atoms with Gasteiger partial charge in [0, 0.05) is 11.8 Å². The van der Waals surface area contributed by atoms with Gasteiger partial charge in [0.2, 0.25) is 11.8 Å². The quantitative estimate of drug-likeness (QED) is 0.688. The minimum Gasteiger partial charge on any atom is -0.419 e. The van der Waals surface area contributed by atoms with E-state index >= 15 is 0 Å². The molecule has 6 heteroatoms. The highest BCUT2D eigenvalue weighted by molar-refractivity contribution is 5.52. The van der Waals surface area contributed by atoms with E-state index in [0.29, 0.717) is 23.9 Å². The third-order valence-electron chi connectivity index (χ3n) is 3.87. The van der Waals surface area contributed by atoms with Crippen LogP contribution in [0.1, 0.15) is 31.0 Å². The summed E-state index contributed by atoms with van der Waals surface area (Å²) in [6.07, 6.45) is 2.71. The molecule has 24 heavy (non-hydrogen) atoms. The van der Waals surface area contributed by atoms with Gasteiger partial charge in [0.15, 0.2) is 0 Å². The summed E-state index contributed by atoms with van der Waals surface area (Å²) in [5.74, 6) is 0.487. The zero-order valence-corrected chi connectivity index (χ0v) is 13.7. The van der Waals surface area contributed by atoms with Gasteiger partial charge in [-0.2, -0.15) is 0 Å². The predicted octanol–water partition coefficient (Wildman–Crippen LogP) is 3.85. The molecule has 1 aromatic carbocycles. The molecule has 0 radical (unpaired) electrons. The number of hydrogen-bond acceptors (Lipinski definition) is 5. The fourth-order valence-corrected chi connectivity index (χ4v) is 2.70. The van der Waals surface area contributed by atoms with Crippen molar-refractivity contribution in [3.8, 4) is 11.5 Å². The lowest BCUT2D eigenvalue weighted by Gasteiger charge is -2.25. The summed E-state index contributed by atoms with van der Waals surface area (Å²) in [6, 6.07) is 12.2. The maximum absolute atomic E-state index is 13.3. The number of halogens is 1. The van der Waals surface area contributed by atoms with Crippen LogP contribution in [0.2, 0.25) is 0 Å². The van der Waals surface area contributed by atoms with E-state index in [4.69, 9.17) is 4.42 Å². The highest BCUT2D eigenvalue weighted by atomic mass is 19.1. The van der Waals surface area contributed by atoms with E-state index in [1.54, 1.807) is 18.3 Å². The molecule has 3 rings (SSSR count). The summed E-state index contributed by atoms with van der Waals surface area (Å²) < 4.78 is 19.0. The van der Waals surface area contributed by atoms with Crippen LogP contribution in [0, 0.1) is 5.82 Å². The lowest BCUT2D eigenvalue weighted by Crippen LogP contribution is -2.24. The van der Waals surface area contributed by atoms with E-state index in [1.807, 2.05) is 25.2 Å². The van der Waals surface area contributed by atoms with E-state index < -0.39 is 0 Å². The van der Waals surface area contributed by atoms with Crippen molar-refractivity contribution in [1.29, 1.82) is 0 Å². The molecule has 124 valence electrons. The smallest absolute Gasteiger partial charge is 0.247 e. The molecular formula is C18H19FN4O. The van der Waals surface area contributed by atoms with Gasteiger partial charge in [0.25, 0.3) is 0 Å². The molecule has 0 bridgehead atoms. The fraction of sp³-hybridized carbons (Fsp3) is 0.278. The SMILES string of the molecule is CC[C@H](c1ccccn1)N(C)Cc1nnc(-c2cccc(F)c2)o1. The maximum atomic E-state index is 13.3. The molecule has 0 aliphatic rings. The van der Waals surface area contributed by atoms with E-state index in [2.05, 4.69) is 27.0 Å². The normalized spacial score (nSPS) is 12.5. The average Bonchev–Trinajstić information content (AvgIpc) is 3.05. The Labute approximate surface area is 140 Å². The molecule has 0 unspecified atom stereocenters. The second-order valence-corrected chi connectivity index (χ2v) is 5.61. The van der Waals surface area contributed by atoms with Crippen LogP contribution in [0.15, 0.2) is 53.1 Å². The Morgan fingerprint density at radius 1 is 1.17 bits per heavy atom. The molecule has 0 aliphatic heterocycles. The number of benzene rings is 1. The van der Waals surface area contributed by atoms with Gasteiger partial charge in [-0.3, -0.25) is 9.88 Å². The second-order valence-electron chi connectivity index (χ2n) is 5.61. The third kappa shape index (κ3) is 3.65. The molecular weight excluding hydrogens is 307 g/mol. The van der Waals surface area contributed by atoms with Crippen molar-refractivity contribution in [2.24, 2.45) is 0 Å². The van der Waals surface area contributed by atoms with Crippen molar-refractivity contribution < 1.29 is 8.81 Å². The van der Waals surface area contributed by atoms with E-state index in [1.165, 1.54) is 12.1 Å². The molecule has 1 atom stereocenters. The Hall–Kier alpha value is -2.60. The zero-order valence-electron chi connectivity index (χ0n) is 13.7. The van der Waals surface area contributed by atoms with Crippen molar-refractivity contribution in [2.75, 3.05) is 7.05 Å². The lowest BCUT2D eigenvalue weighted by atomic mass is 10.1. The maximum Gasteiger partial charge on any atom is 0.247 e. The Morgan fingerprint density at radius 3 is 2.75 bits per heavy atom. The first kappa shape index (κ1) is 16.3. The van der Waals surface area contributed by atoms with Gasteiger partial charge < -0.3 is 4.42 Å². The minimum absolute atomic E-state index is 0.163. The van der Waals surface area contributed by atoms with Crippen molar-refractivity contribution in [3.05, 3.63) is 66.1 Å². The first-order valence-corrected chi connectivity index (χ1v) is 7.87. The highest BCUT2D eigenvalue weighted by Crippen LogP contribution is 2.24. The van der Waals surface area contributed by atoms with Gasteiger partial charge in [-0.05, 0) is 43.8 Å². The van der Waals surface area contributed by atoms with E-state index in [9.17, 15) is 4.39 Å². The number of hydrogen-bond donors (Lipinski definition) is 0. The van der Waals surface area contributed by atoms with Crippen LogP contribution in [0.4, 0.5) is 4.39 Å². The highest BCUT2D eigenvalue weighted by Gasteiger charge is 2.19. The monoisotopic (exact) mass is 326 g/mol. The van der Waals surface area contributed by atoms with Crippen LogP contribution in [0.25, 0.3) is 11.5 Å². The molecule has 0 amide bonds. The summed E-state index contributed by atoms with van der Waals surface area (Å²) in [5, 5.41) is 8.08. The molecule has 2 aromatic heterocycles. The van der Waals surface area contributed by atoms with Gasteiger partial charge in [-0.15, -0.1) is 10.2 Å². The van der Waals surface area contributed by atoms with Gasteiger partial charge in [-0.1, -0.05) is 19.1 Å². The molecule has 0 saturated carbocycles. The minimum atomic E-state index is -0.328. The van der Waals surface area contributed by atoms with Gasteiger partial charge >= 0.3 is 0 Å². The van der Waals surface area contributed by atoms with Crippen molar-refractivity contribution in [3.63, 3.8) is 0 Å². The van der Waals surface area contributed by atoms with Gasteiger partial charge in [0.1, 0.15) is 5.82 Å². The number of rotatable bonds is 6. The molecule has 0 fully saturated rings. The first-order valence-electron chi connectivity index (χ1n) is 7.87. The third-order valence-corrected chi connectivity index (χ3v) is 3.87. The van der Waals surface area contributed by atoms with Crippen LogP contribution >= 0.6 is 0 Å². The molecule has 0 spiro atoms. The number of nitrogens with zero attached hydrogens (tertiary/aromatic N) is 4. The Bertz CT molecular complexity index is 790. The Balaban J connectivity index is 1.74. The summed E-state index contributed by atoms with van der Waals surface area (Å²) in [6.45, 7) is 2.61. The number of aromatic nitrogens is 3.